The smallest absolute Gasteiger partial charge is 0.239 e. The molecule has 1 heterocycles. The molecule has 0 aliphatic carbocycles. The molecule has 2 rings (SSSR count). The molecule has 0 bridgehead atoms. The van der Waals surface area contributed by atoms with Gasteiger partial charge in [0.05, 0.1) is 6.10 Å². The number of ether oxygens (including phenoxy) is 1. The number of amides is 1. The molecule has 6 heteroatoms. The number of nitrogens with one attached hydrogen (secondary N) is 1. The number of benzene rings is 1. The monoisotopic (exact) mass is 270 g/mol. The maximum Gasteiger partial charge on any atom is 0.239 e. The summed E-state index contributed by atoms with van der Waals surface area (Å²) >= 11 is 0. The van der Waals surface area contributed by atoms with Gasteiger partial charge in [-0.2, -0.15) is 0 Å². The van der Waals surface area contributed by atoms with Crippen molar-refractivity contribution in [1.82, 2.24) is 5.32 Å². The van der Waals surface area contributed by atoms with Crippen LogP contribution < -0.4 is 11.1 Å². The summed E-state index contributed by atoms with van der Waals surface area (Å²) in [5.41, 5.74) is 5.45. The van der Waals surface area contributed by atoms with E-state index in [9.17, 15) is 13.6 Å². The second-order valence-electron chi connectivity index (χ2n) is 4.58. The van der Waals surface area contributed by atoms with Crippen molar-refractivity contribution >= 4 is 5.91 Å². The lowest BCUT2D eigenvalue weighted by Crippen LogP contribution is -2.37. The van der Waals surface area contributed by atoms with Crippen molar-refractivity contribution in [3.8, 4) is 0 Å². The molecule has 3 N–H and O–H groups in total. The summed E-state index contributed by atoms with van der Waals surface area (Å²) in [5, 5.41) is 2.90. The Hall–Kier alpha value is -1.53. The van der Waals surface area contributed by atoms with Crippen LogP contribution >= 0.6 is 0 Å². The van der Waals surface area contributed by atoms with Gasteiger partial charge in [0.2, 0.25) is 5.91 Å². The molecule has 19 heavy (non-hydrogen) atoms. The van der Waals surface area contributed by atoms with Gasteiger partial charge in [0.15, 0.2) is 0 Å². The van der Waals surface area contributed by atoms with Gasteiger partial charge in [0, 0.05) is 19.2 Å². The van der Waals surface area contributed by atoms with Crippen molar-refractivity contribution in [2.24, 2.45) is 5.73 Å². The molecule has 1 saturated heterocycles. The number of carbonyl (C=O) groups is 1. The summed E-state index contributed by atoms with van der Waals surface area (Å²) < 4.78 is 31.7. The average molecular weight is 270 g/mol. The molecule has 4 nitrogen and oxygen atoms in total. The summed E-state index contributed by atoms with van der Waals surface area (Å²) in [6, 6.07) is 2.03. The SMILES string of the molecule is NC(=O)C(NCC1CCCO1)c1cc(F)cc(F)c1. The van der Waals surface area contributed by atoms with Crippen LogP contribution in [0, 0.1) is 11.6 Å². The topological polar surface area (TPSA) is 64.4 Å². The first-order chi connectivity index (χ1) is 9.06. The van der Waals surface area contributed by atoms with Crippen LogP contribution in [0.25, 0.3) is 0 Å². The van der Waals surface area contributed by atoms with Crippen LogP contribution in [0.1, 0.15) is 24.4 Å². The van der Waals surface area contributed by atoms with Crippen LogP contribution in [0.5, 0.6) is 0 Å². The Bertz CT molecular complexity index is 442. The molecule has 1 fully saturated rings. The normalized spacial score (nSPS) is 20.4. The number of primary amides is 1. The molecule has 1 aliphatic heterocycles. The number of hydrogen-bond acceptors (Lipinski definition) is 3. The summed E-state index contributed by atoms with van der Waals surface area (Å²) in [5.74, 6) is -2.15. The quantitative estimate of drug-likeness (QED) is 0.846. The molecule has 2 atom stereocenters. The molecule has 0 saturated carbocycles. The highest BCUT2D eigenvalue weighted by Crippen LogP contribution is 2.18. The Morgan fingerprint density at radius 3 is 2.63 bits per heavy atom. The lowest BCUT2D eigenvalue weighted by molar-refractivity contribution is -0.120. The molecule has 2 unspecified atom stereocenters. The van der Waals surface area contributed by atoms with Gasteiger partial charge in [-0.25, -0.2) is 8.78 Å². The van der Waals surface area contributed by atoms with E-state index in [4.69, 9.17) is 10.5 Å². The first-order valence-electron chi connectivity index (χ1n) is 6.16. The second kappa shape index (κ2) is 6.08. The second-order valence-corrected chi connectivity index (χ2v) is 4.58. The molecular formula is C13H16F2N2O2. The third-order valence-electron chi connectivity index (χ3n) is 3.08. The van der Waals surface area contributed by atoms with Gasteiger partial charge in [-0.3, -0.25) is 10.1 Å². The Morgan fingerprint density at radius 2 is 2.11 bits per heavy atom. The molecule has 1 amide bonds. The number of rotatable bonds is 5. The molecule has 1 aliphatic rings. The molecule has 1 aromatic carbocycles. The van der Waals surface area contributed by atoms with Crippen LogP contribution in [0.2, 0.25) is 0 Å². The fourth-order valence-electron chi connectivity index (χ4n) is 2.18. The van der Waals surface area contributed by atoms with E-state index in [-0.39, 0.29) is 11.7 Å². The van der Waals surface area contributed by atoms with Gasteiger partial charge < -0.3 is 10.5 Å². The first kappa shape index (κ1) is 13.9. The van der Waals surface area contributed by atoms with E-state index in [0.717, 1.165) is 31.0 Å². The minimum atomic E-state index is -0.922. The maximum absolute atomic E-state index is 13.1. The van der Waals surface area contributed by atoms with E-state index in [1.165, 1.54) is 0 Å². The van der Waals surface area contributed by atoms with E-state index in [1.54, 1.807) is 0 Å². The fraction of sp³-hybridized carbons (Fsp3) is 0.462. The van der Waals surface area contributed by atoms with Gasteiger partial charge in [0.1, 0.15) is 17.7 Å². The van der Waals surface area contributed by atoms with E-state index in [0.29, 0.717) is 13.2 Å². The van der Waals surface area contributed by atoms with Gasteiger partial charge in [0.25, 0.3) is 0 Å². The lowest BCUT2D eigenvalue weighted by atomic mass is 10.1. The minimum absolute atomic E-state index is 0.0141. The van der Waals surface area contributed by atoms with Crippen LogP contribution in [-0.4, -0.2) is 25.2 Å². The zero-order valence-corrected chi connectivity index (χ0v) is 10.4. The Balaban J connectivity index is 2.07. The zero-order chi connectivity index (χ0) is 13.8. The molecule has 1 aromatic rings. The summed E-state index contributed by atoms with van der Waals surface area (Å²) in [6.07, 6.45) is 1.89. The molecule has 0 aromatic heterocycles. The predicted molar refractivity (Wildman–Crippen MR) is 65.3 cm³/mol. The van der Waals surface area contributed by atoms with E-state index in [1.807, 2.05) is 0 Å². The van der Waals surface area contributed by atoms with Crippen molar-refractivity contribution in [3.05, 3.63) is 35.4 Å². The molecular weight excluding hydrogens is 254 g/mol. The van der Waals surface area contributed by atoms with Crippen LogP contribution in [0.3, 0.4) is 0 Å². The van der Waals surface area contributed by atoms with Crippen LogP contribution in [0.4, 0.5) is 8.78 Å². The van der Waals surface area contributed by atoms with Crippen molar-refractivity contribution in [1.29, 1.82) is 0 Å². The Labute approximate surface area is 109 Å². The van der Waals surface area contributed by atoms with Crippen LogP contribution in [0.15, 0.2) is 18.2 Å². The number of nitrogens with two attached hydrogens (primary N) is 1. The predicted octanol–water partition coefficient (Wildman–Crippen LogP) is 1.26. The third-order valence-corrected chi connectivity index (χ3v) is 3.08. The third kappa shape index (κ3) is 3.71. The minimum Gasteiger partial charge on any atom is -0.377 e. The maximum atomic E-state index is 13.1. The first-order valence-corrected chi connectivity index (χ1v) is 6.16. The van der Waals surface area contributed by atoms with Gasteiger partial charge in [-0.1, -0.05) is 0 Å². The summed E-state index contributed by atoms with van der Waals surface area (Å²) in [4.78, 5) is 11.4. The zero-order valence-electron chi connectivity index (χ0n) is 10.4. The molecule has 0 spiro atoms. The summed E-state index contributed by atoms with van der Waals surface area (Å²) in [6.45, 7) is 1.12. The van der Waals surface area contributed by atoms with Crippen molar-refractivity contribution in [3.63, 3.8) is 0 Å². The van der Waals surface area contributed by atoms with Crippen molar-refractivity contribution < 1.29 is 18.3 Å². The molecule has 0 radical (unpaired) electrons. The van der Waals surface area contributed by atoms with E-state index >= 15 is 0 Å². The van der Waals surface area contributed by atoms with E-state index in [2.05, 4.69) is 5.32 Å². The Kier molecular flexibility index (Phi) is 4.44. The highest BCUT2D eigenvalue weighted by atomic mass is 19.1. The number of hydrogen-bond donors (Lipinski definition) is 2. The standard InChI is InChI=1S/C13H16F2N2O2/c14-9-4-8(5-10(15)6-9)12(13(16)18)17-7-11-2-1-3-19-11/h4-6,11-12,17H,1-3,7H2,(H2,16,18). The van der Waals surface area contributed by atoms with E-state index < -0.39 is 23.6 Å². The summed E-state index contributed by atoms with van der Waals surface area (Å²) in [7, 11) is 0. The lowest BCUT2D eigenvalue weighted by Gasteiger charge is -2.18. The largest absolute Gasteiger partial charge is 0.377 e. The van der Waals surface area contributed by atoms with Gasteiger partial charge >= 0.3 is 0 Å². The highest BCUT2D eigenvalue weighted by molar-refractivity contribution is 5.81. The van der Waals surface area contributed by atoms with Crippen molar-refractivity contribution in [2.75, 3.05) is 13.2 Å². The van der Waals surface area contributed by atoms with Gasteiger partial charge in [-0.15, -0.1) is 0 Å². The Morgan fingerprint density at radius 1 is 1.42 bits per heavy atom. The fourth-order valence-corrected chi connectivity index (χ4v) is 2.18. The highest BCUT2D eigenvalue weighted by Gasteiger charge is 2.22. The van der Waals surface area contributed by atoms with Crippen LogP contribution in [-0.2, 0) is 9.53 Å². The number of halogens is 2. The average Bonchev–Trinajstić information content (AvgIpc) is 2.80. The molecule has 104 valence electrons. The van der Waals surface area contributed by atoms with Gasteiger partial charge in [-0.05, 0) is 30.5 Å². The van der Waals surface area contributed by atoms with Crippen molar-refractivity contribution in [2.45, 2.75) is 25.0 Å². The number of carbonyl (C=O) groups excluding carboxylic acids is 1.